The molecule has 10 heteroatoms. The second-order valence-electron chi connectivity index (χ2n) is 4.30. The number of hydrazone groups is 2. The number of nitrogens with zero attached hydrogens (tertiary/aromatic N) is 3. The lowest BCUT2D eigenvalue weighted by molar-refractivity contribution is 0.483. The first-order chi connectivity index (χ1) is 9.77. The number of benzene rings is 1. The fourth-order valence-corrected chi connectivity index (χ4v) is 2.27. The third-order valence-electron chi connectivity index (χ3n) is 2.60. The van der Waals surface area contributed by atoms with E-state index in [0.29, 0.717) is 17.9 Å². The van der Waals surface area contributed by atoms with Gasteiger partial charge in [-0.15, -0.1) is 0 Å². The largest absolute Gasteiger partial charge is 0.375 e. The highest BCUT2D eigenvalue weighted by atomic mass is 32.2. The lowest BCUT2D eigenvalue weighted by atomic mass is 10.2. The van der Waals surface area contributed by atoms with Gasteiger partial charge in [-0.1, -0.05) is 0 Å². The van der Waals surface area contributed by atoms with Gasteiger partial charge < -0.3 is 5.73 Å². The van der Waals surface area contributed by atoms with Crippen LogP contribution in [0.3, 0.4) is 0 Å². The minimum atomic E-state index is -4.22. The Kier molecular flexibility index (Phi) is 4.21. The zero-order valence-electron chi connectivity index (χ0n) is 11.0. The summed E-state index contributed by atoms with van der Waals surface area (Å²) in [6, 6.07) is 5.60. The van der Waals surface area contributed by atoms with E-state index in [0.717, 1.165) is 5.71 Å². The molecule has 0 radical (unpaired) electrons. The Labute approximate surface area is 127 Å². The summed E-state index contributed by atoms with van der Waals surface area (Å²) in [5.74, 6) is 0.569. The van der Waals surface area contributed by atoms with E-state index >= 15 is 0 Å². The molecule has 0 saturated carbocycles. The van der Waals surface area contributed by atoms with E-state index in [-0.39, 0.29) is 10.0 Å². The minimum Gasteiger partial charge on any atom is -0.375 e. The predicted molar refractivity (Wildman–Crippen MR) is 83.8 cm³/mol. The predicted octanol–water partition coefficient (Wildman–Crippen LogP) is 0.666. The first-order valence-electron chi connectivity index (χ1n) is 5.81. The summed E-state index contributed by atoms with van der Waals surface area (Å²) < 4.78 is 31.0. The van der Waals surface area contributed by atoms with Gasteiger partial charge in [0.15, 0.2) is 10.9 Å². The van der Waals surface area contributed by atoms with Crippen molar-refractivity contribution in [1.82, 2.24) is 5.43 Å². The number of anilines is 1. The van der Waals surface area contributed by atoms with Crippen molar-refractivity contribution in [2.24, 2.45) is 15.9 Å². The van der Waals surface area contributed by atoms with E-state index in [1.54, 1.807) is 0 Å². The van der Waals surface area contributed by atoms with Crippen molar-refractivity contribution in [3.8, 4) is 0 Å². The van der Waals surface area contributed by atoms with Crippen molar-refractivity contribution < 1.29 is 13.0 Å². The van der Waals surface area contributed by atoms with Crippen LogP contribution in [0.25, 0.3) is 0 Å². The Morgan fingerprint density at radius 3 is 2.62 bits per heavy atom. The molecule has 0 aliphatic carbocycles. The maximum atomic E-state index is 11.0. The Morgan fingerprint density at radius 2 is 2.10 bits per heavy atom. The first kappa shape index (κ1) is 15.4. The topological polar surface area (TPSA) is 120 Å². The van der Waals surface area contributed by atoms with E-state index in [4.69, 9.17) is 10.3 Å². The van der Waals surface area contributed by atoms with Crippen LogP contribution in [0.1, 0.15) is 13.3 Å². The van der Waals surface area contributed by atoms with Crippen molar-refractivity contribution in [1.29, 1.82) is 0 Å². The number of nitrogens with one attached hydrogen (secondary N) is 1. The van der Waals surface area contributed by atoms with E-state index < -0.39 is 10.1 Å². The number of thiocarbonyl (C=S) groups is 1. The maximum Gasteiger partial charge on any atom is 0.294 e. The molecule has 0 aromatic heterocycles. The Hall–Kier alpha value is -2.04. The number of nitrogens with two attached hydrogens (primary N) is 1. The molecule has 0 fully saturated rings. The van der Waals surface area contributed by atoms with Gasteiger partial charge in [-0.05, 0) is 43.4 Å². The van der Waals surface area contributed by atoms with Crippen molar-refractivity contribution in [3.05, 3.63) is 24.3 Å². The monoisotopic (exact) mass is 327 g/mol. The van der Waals surface area contributed by atoms with Gasteiger partial charge in [0.2, 0.25) is 0 Å². The molecule has 1 aliphatic heterocycles. The summed E-state index contributed by atoms with van der Waals surface area (Å²) in [6.45, 7) is 1.84. The lowest BCUT2D eigenvalue weighted by Gasteiger charge is -2.15. The fourth-order valence-electron chi connectivity index (χ4n) is 1.74. The van der Waals surface area contributed by atoms with Crippen LogP contribution in [0.15, 0.2) is 39.4 Å². The molecule has 0 saturated heterocycles. The van der Waals surface area contributed by atoms with Gasteiger partial charge in [0, 0.05) is 12.1 Å². The van der Waals surface area contributed by atoms with Crippen molar-refractivity contribution in [2.45, 2.75) is 18.2 Å². The molecule has 1 heterocycles. The normalized spacial score (nSPS) is 17.0. The molecule has 1 aromatic rings. The maximum absolute atomic E-state index is 11.0. The smallest absolute Gasteiger partial charge is 0.294 e. The number of hydrogen-bond acceptors (Lipinski definition) is 5. The Bertz CT molecular complexity index is 725. The molecule has 0 unspecified atom stereocenters. The molecule has 1 aliphatic rings. The van der Waals surface area contributed by atoms with Gasteiger partial charge in [0.1, 0.15) is 0 Å². The fraction of sp³-hybridized carbons (Fsp3) is 0.182. The summed E-state index contributed by atoms with van der Waals surface area (Å²) in [6.07, 6.45) is 0.510. The van der Waals surface area contributed by atoms with Crippen LogP contribution in [-0.2, 0) is 10.1 Å². The van der Waals surface area contributed by atoms with Crippen LogP contribution in [0.5, 0.6) is 0 Å². The highest BCUT2D eigenvalue weighted by molar-refractivity contribution is 7.85. The van der Waals surface area contributed by atoms with Gasteiger partial charge >= 0.3 is 0 Å². The quantitative estimate of drug-likeness (QED) is 0.424. The molecule has 112 valence electrons. The summed E-state index contributed by atoms with van der Waals surface area (Å²) >= 11 is 4.68. The second kappa shape index (κ2) is 5.76. The molecule has 0 bridgehead atoms. The third kappa shape index (κ3) is 3.74. The van der Waals surface area contributed by atoms with E-state index in [1.165, 1.54) is 29.3 Å². The lowest BCUT2D eigenvalue weighted by Crippen LogP contribution is -2.29. The molecule has 2 rings (SSSR count). The average molecular weight is 327 g/mol. The molecular weight excluding hydrogens is 314 g/mol. The number of rotatable bonds is 3. The number of amidine groups is 1. The number of hydrogen-bond donors (Lipinski definition) is 3. The standard InChI is InChI=1S/C11H13N5O3S2/c1-7-6-10(13-14-11(12)20)16(15-7)8-2-4-9(5-3-8)21(17,18)19/h2-5H,6H2,1H3,(H3,12,14,20)(H,17,18,19)/b13-10-. The van der Waals surface area contributed by atoms with Gasteiger partial charge in [-0.3, -0.25) is 9.98 Å². The van der Waals surface area contributed by atoms with Gasteiger partial charge in [-0.25, -0.2) is 5.01 Å². The molecule has 1 aromatic carbocycles. The SMILES string of the molecule is CC1=NN(c2ccc(S(=O)(=O)O)cc2)/C(=N\NC(N)=S)C1. The van der Waals surface area contributed by atoms with Crippen LogP contribution in [0.2, 0.25) is 0 Å². The van der Waals surface area contributed by atoms with Gasteiger partial charge in [0.25, 0.3) is 10.1 Å². The Morgan fingerprint density at radius 1 is 1.48 bits per heavy atom. The average Bonchev–Trinajstić information content (AvgIpc) is 2.77. The van der Waals surface area contributed by atoms with Gasteiger partial charge in [0.05, 0.1) is 10.6 Å². The van der Waals surface area contributed by atoms with Crippen molar-refractivity contribution >= 4 is 44.7 Å². The summed E-state index contributed by atoms with van der Waals surface area (Å²) in [7, 11) is -4.22. The summed E-state index contributed by atoms with van der Waals surface area (Å²) in [5.41, 5.74) is 9.24. The molecule has 21 heavy (non-hydrogen) atoms. The first-order valence-corrected chi connectivity index (χ1v) is 7.66. The molecule has 0 spiro atoms. The minimum absolute atomic E-state index is 0.0359. The molecule has 0 amide bonds. The van der Waals surface area contributed by atoms with E-state index in [1.807, 2.05) is 6.92 Å². The van der Waals surface area contributed by atoms with E-state index in [2.05, 4.69) is 27.8 Å². The van der Waals surface area contributed by atoms with Crippen molar-refractivity contribution in [2.75, 3.05) is 5.01 Å². The Balaban J connectivity index is 2.30. The third-order valence-corrected chi connectivity index (χ3v) is 3.56. The highest BCUT2D eigenvalue weighted by Gasteiger charge is 2.22. The zero-order chi connectivity index (χ0) is 15.6. The summed E-state index contributed by atoms with van der Waals surface area (Å²) in [4.78, 5) is -0.189. The zero-order valence-corrected chi connectivity index (χ0v) is 12.6. The summed E-state index contributed by atoms with van der Waals surface area (Å²) in [5, 5.41) is 9.91. The van der Waals surface area contributed by atoms with Gasteiger partial charge in [-0.2, -0.15) is 18.6 Å². The van der Waals surface area contributed by atoms with Crippen LogP contribution >= 0.6 is 12.2 Å². The highest BCUT2D eigenvalue weighted by Crippen LogP contribution is 2.23. The molecule has 8 nitrogen and oxygen atoms in total. The molecular formula is C11H13N5O3S2. The van der Waals surface area contributed by atoms with Crippen LogP contribution in [0, 0.1) is 0 Å². The van der Waals surface area contributed by atoms with Crippen LogP contribution in [0.4, 0.5) is 5.69 Å². The van der Waals surface area contributed by atoms with Crippen molar-refractivity contribution in [3.63, 3.8) is 0 Å². The van der Waals surface area contributed by atoms with Crippen LogP contribution in [-0.4, -0.2) is 29.6 Å². The molecule has 4 N–H and O–H groups in total. The van der Waals surface area contributed by atoms with E-state index in [9.17, 15) is 8.42 Å². The molecule has 0 atom stereocenters. The second-order valence-corrected chi connectivity index (χ2v) is 6.16. The van der Waals surface area contributed by atoms with Crippen LogP contribution < -0.4 is 16.2 Å².